The molecule has 0 spiro atoms. The molecule has 1 N–H and O–H groups in total. The highest BCUT2D eigenvalue weighted by Crippen LogP contribution is 2.17. The summed E-state index contributed by atoms with van der Waals surface area (Å²) in [6.07, 6.45) is 2.01. The summed E-state index contributed by atoms with van der Waals surface area (Å²) in [5, 5.41) is 3.38. The summed E-state index contributed by atoms with van der Waals surface area (Å²) in [6, 6.07) is 2.08. The van der Waals surface area contributed by atoms with E-state index in [9.17, 15) is 0 Å². The van der Waals surface area contributed by atoms with Gasteiger partial charge in [-0.2, -0.15) is 0 Å². The molecule has 0 radical (unpaired) electrons. The molecule has 0 fully saturated rings. The van der Waals surface area contributed by atoms with Gasteiger partial charge in [0, 0.05) is 25.8 Å². The van der Waals surface area contributed by atoms with Crippen LogP contribution in [0.15, 0.2) is 10.5 Å². The van der Waals surface area contributed by atoms with Crippen LogP contribution in [-0.2, 0) is 22.6 Å². The standard InChI is InChI=1S/C16H29NO3/c1-6-8-17-11-14-10-15(20-13(14)2)12-19-9-7-16(3,4)18-5/h10,17H,6-9,11-12H2,1-5H3. The van der Waals surface area contributed by atoms with Gasteiger partial charge in [0.05, 0.1) is 5.60 Å². The molecule has 0 saturated heterocycles. The molecule has 4 heteroatoms. The van der Waals surface area contributed by atoms with Crippen LogP contribution in [0.3, 0.4) is 0 Å². The Balaban J connectivity index is 2.32. The minimum atomic E-state index is -0.131. The van der Waals surface area contributed by atoms with E-state index in [4.69, 9.17) is 13.9 Å². The highest BCUT2D eigenvalue weighted by molar-refractivity contribution is 5.20. The van der Waals surface area contributed by atoms with Crippen LogP contribution in [0, 0.1) is 6.92 Å². The number of hydrogen-bond acceptors (Lipinski definition) is 4. The van der Waals surface area contributed by atoms with Crippen molar-refractivity contribution in [3.63, 3.8) is 0 Å². The number of aryl methyl sites for hydroxylation is 1. The maximum Gasteiger partial charge on any atom is 0.130 e. The SMILES string of the molecule is CCCNCc1cc(COCCC(C)(C)OC)oc1C. The third-order valence-corrected chi connectivity index (χ3v) is 3.46. The lowest BCUT2D eigenvalue weighted by atomic mass is 10.1. The summed E-state index contributed by atoms with van der Waals surface area (Å²) in [5.41, 5.74) is 1.09. The van der Waals surface area contributed by atoms with Crippen LogP contribution >= 0.6 is 0 Å². The van der Waals surface area contributed by atoms with Gasteiger partial charge in [0.2, 0.25) is 0 Å². The Hall–Kier alpha value is -0.840. The van der Waals surface area contributed by atoms with E-state index in [2.05, 4.69) is 32.2 Å². The predicted octanol–water partition coefficient (Wildman–Crippen LogP) is 3.42. The van der Waals surface area contributed by atoms with E-state index in [1.165, 1.54) is 5.56 Å². The summed E-state index contributed by atoms with van der Waals surface area (Å²) in [6.45, 7) is 11.4. The van der Waals surface area contributed by atoms with Gasteiger partial charge in [0.25, 0.3) is 0 Å². The molecule has 0 saturated carbocycles. The first kappa shape index (κ1) is 17.2. The summed E-state index contributed by atoms with van der Waals surface area (Å²) >= 11 is 0. The van der Waals surface area contributed by atoms with Crippen molar-refractivity contribution >= 4 is 0 Å². The van der Waals surface area contributed by atoms with Crippen molar-refractivity contribution in [1.82, 2.24) is 5.32 Å². The van der Waals surface area contributed by atoms with Crippen LogP contribution in [0.1, 0.15) is 50.7 Å². The Labute approximate surface area is 122 Å². The van der Waals surface area contributed by atoms with Crippen LogP contribution < -0.4 is 5.32 Å². The molecular weight excluding hydrogens is 254 g/mol. The molecule has 20 heavy (non-hydrogen) atoms. The molecule has 1 rings (SSSR count). The van der Waals surface area contributed by atoms with Crippen LogP contribution in [0.5, 0.6) is 0 Å². The number of nitrogens with one attached hydrogen (secondary N) is 1. The predicted molar refractivity (Wildman–Crippen MR) is 80.8 cm³/mol. The number of furan rings is 1. The van der Waals surface area contributed by atoms with Crippen LogP contribution in [0.2, 0.25) is 0 Å². The zero-order valence-electron chi connectivity index (χ0n) is 13.5. The zero-order valence-corrected chi connectivity index (χ0v) is 13.5. The van der Waals surface area contributed by atoms with Gasteiger partial charge in [0.1, 0.15) is 18.1 Å². The second-order valence-electron chi connectivity index (χ2n) is 5.74. The van der Waals surface area contributed by atoms with Crippen LogP contribution in [-0.4, -0.2) is 25.9 Å². The van der Waals surface area contributed by atoms with Crippen LogP contribution in [0.4, 0.5) is 0 Å². The van der Waals surface area contributed by atoms with Crippen LogP contribution in [0.25, 0.3) is 0 Å². The molecule has 0 aliphatic carbocycles. The molecule has 0 aliphatic rings. The first-order valence-electron chi connectivity index (χ1n) is 7.40. The number of ether oxygens (including phenoxy) is 2. The average molecular weight is 283 g/mol. The Morgan fingerprint density at radius 3 is 2.75 bits per heavy atom. The first-order chi connectivity index (χ1) is 9.48. The quantitative estimate of drug-likeness (QED) is 0.668. The van der Waals surface area contributed by atoms with Gasteiger partial charge in [-0.05, 0) is 46.2 Å². The van der Waals surface area contributed by atoms with Gasteiger partial charge in [-0.1, -0.05) is 6.92 Å². The fraction of sp³-hybridized carbons (Fsp3) is 0.750. The third-order valence-electron chi connectivity index (χ3n) is 3.46. The topological polar surface area (TPSA) is 43.6 Å². The van der Waals surface area contributed by atoms with E-state index in [1.54, 1.807) is 7.11 Å². The van der Waals surface area contributed by atoms with Crippen molar-refractivity contribution in [1.29, 1.82) is 0 Å². The second-order valence-corrected chi connectivity index (χ2v) is 5.74. The van der Waals surface area contributed by atoms with E-state index in [-0.39, 0.29) is 5.60 Å². The van der Waals surface area contributed by atoms with Gasteiger partial charge in [-0.25, -0.2) is 0 Å². The highest BCUT2D eigenvalue weighted by atomic mass is 16.5. The van der Waals surface area contributed by atoms with Crippen molar-refractivity contribution in [2.24, 2.45) is 0 Å². The summed E-state index contributed by atoms with van der Waals surface area (Å²) < 4.78 is 16.7. The molecule has 1 heterocycles. The number of hydrogen-bond donors (Lipinski definition) is 1. The van der Waals surface area contributed by atoms with Gasteiger partial charge >= 0.3 is 0 Å². The van der Waals surface area contributed by atoms with Gasteiger partial charge < -0.3 is 19.2 Å². The Morgan fingerprint density at radius 2 is 2.10 bits per heavy atom. The maximum atomic E-state index is 5.71. The van der Waals surface area contributed by atoms with E-state index in [0.29, 0.717) is 13.2 Å². The fourth-order valence-electron chi connectivity index (χ4n) is 1.83. The maximum absolute atomic E-state index is 5.71. The zero-order chi connectivity index (χ0) is 15.0. The number of rotatable bonds is 10. The molecular formula is C16H29NO3. The van der Waals surface area contributed by atoms with Crippen molar-refractivity contribution in [2.45, 2.75) is 59.3 Å². The summed E-state index contributed by atoms with van der Waals surface area (Å²) in [4.78, 5) is 0. The molecule has 0 aliphatic heterocycles. The lowest BCUT2D eigenvalue weighted by Crippen LogP contribution is -2.24. The number of methoxy groups -OCH3 is 1. The van der Waals surface area contributed by atoms with Gasteiger partial charge in [-0.15, -0.1) is 0 Å². The average Bonchev–Trinajstić information content (AvgIpc) is 2.76. The van der Waals surface area contributed by atoms with Crippen molar-refractivity contribution in [3.8, 4) is 0 Å². The largest absolute Gasteiger partial charge is 0.464 e. The Bertz CT molecular complexity index is 385. The van der Waals surface area contributed by atoms with E-state index >= 15 is 0 Å². The molecule has 4 nitrogen and oxygen atoms in total. The van der Waals surface area contributed by atoms with Gasteiger partial charge in [-0.3, -0.25) is 0 Å². The second kappa shape index (κ2) is 8.45. The molecule has 0 atom stereocenters. The van der Waals surface area contributed by atoms with E-state index in [1.807, 2.05) is 6.92 Å². The van der Waals surface area contributed by atoms with E-state index < -0.39 is 0 Å². The third kappa shape index (κ3) is 6.07. The minimum Gasteiger partial charge on any atom is -0.464 e. The normalized spacial score (nSPS) is 12.1. The monoisotopic (exact) mass is 283 g/mol. The molecule has 116 valence electrons. The molecule has 0 unspecified atom stereocenters. The smallest absolute Gasteiger partial charge is 0.130 e. The highest BCUT2D eigenvalue weighted by Gasteiger charge is 2.15. The molecule has 0 amide bonds. The van der Waals surface area contributed by atoms with Crippen molar-refractivity contribution in [3.05, 3.63) is 23.2 Å². The molecule has 1 aromatic rings. The van der Waals surface area contributed by atoms with Crippen molar-refractivity contribution < 1.29 is 13.9 Å². The fourth-order valence-corrected chi connectivity index (χ4v) is 1.83. The van der Waals surface area contributed by atoms with Crippen molar-refractivity contribution in [2.75, 3.05) is 20.3 Å². The molecule has 1 aromatic heterocycles. The lowest BCUT2D eigenvalue weighted by Gasteiger charge is -2.22. The minimum absolute atomic E-state index is 0.131. The molecule has 0 bridgehead atoms. The Kier molecular flexibility index (Phi) is 7.27. The Morgan fingerprint density at radius 1 is 1.35 bits per heavy atom. The first-order valence-corrected chi connectivity index (χ1v) is 7.40. The summed E-state index contributed by atoms with van der Waals surface area (Å²) in [7, 11) is 1.73. The molecule has 0 aromatic carbocycles. The summed E-state index contributed by atoms with van der Waals surface area (Å²) in [5.74, 6) is 1.87. The van der Waals surface area contributed by atoms with E-state index in [0.717, 1.165) is 37.5 Å². The van der Waals surface area contributed by atoms with Gasteiger partial charge in [0.15, 0.2) is 0 Å². The lowest BCUT2D eigenvalue weighted by molar-refractivity contribution is -0.0143.